The van der Waals surface area contributed by atoms with Crippen molar-refractivity contribution in [2.24, 2.45) is 5.92 Å². The Morgan fingerprint density at radius 1 is 1.67 bits per heavy atom. The van der Waals surface area contributed by atoms with E-state index in [0.717, 1.165) is 0 Å². The van der Waals surface area contributed by atoms with Crippen molar-refractivity contribution in [3.63, 3.8) is 0 Å². The van der Waals surface area contributed by atoms with E-state index in [1.807, 2.05) is 13.8 Å². The first-order valence-electron chi connectivity index (χ1n) is 3.19. The van der Waals surface area contributed by atoms with Gasteiger partial charge in [0.15, 0.2) is 0 Å². The Hall–Kier alpha value is -0.465. The van der Waals surface area contributed by atoms with Crippen LogP contribution in [0.5, 0.6) is 0 Å². The van der Waals surface area contributed by atoms with Crippen LogP contribution in [0.4, 0.5) is 0 Å². The summed E-state index contributed by atoms with van der Waals surface area (Å²) in [6.45, 7) is 4.00. The number of carbonyl (C=O) groups excluding carboxylic acids is 1. The molecule has 0 spiro atoms. The summed E-state index contributed by atoms with van der Waals surface area (Å²) >= 11 is 0. The zero-order valence-corrected chi connectivity index (χ0v) is 5.79. The normalized spacial score (nSPS) is 35.8. The average Bonchev–Trinajstić information content (AvgIpc) is 1.98. The van der Waals surface area contributed by atoms with E-state index >= 15 is 0 Å². The van der Waals surface area contributed by atoms with Gasteiger partial charge >= 0.3 is 0 Å². The van der Waals surface area contributed by atoms with Crippen LogP contribution in [0.25, 0.3) is 0 Å². The third kappa shape index (κ3) is 0.957. The van der Waals surface area contributed by atoms with Crippen LogP contribution in [-0.4, -0.2) is 24.7 Å². The van der Waals surface area contributed by atoms with E-state index in [2.05, 4.69) is 0 Å². The zero-order chi connectivity index (χ0) is 7.02. The van der Waals surface area contributed by atoms with Crippen LogP contribution >= 0.6 is 0 Å². The van der Waals surface area contributed by atoms with E-state index in [0.29, 0.717) is 12.3 Å². The molecule has 1 aliphatic rings. The van der Waals surface area contributed by atoms with Gasteiger partial charge < -0.3 is 4.81 Å². The smallest absolute Gasteiger partial charge is 0.230 e. The Labute approximate surface area is 56.7 Å². The molecule has 1 rings (SSSR count). The molecule has 0 aromatic heterocycles. The molecule has 1 aliphatic heterocycles. The highest BCUT2D eigenvalue weighted by atomic mass is 16.2. The molecule has 3 heteroatoms. The van der Waals surface area contributed by atoms with E-state index in [4.69, 9.17) is 7.98 Å². The monoisotopic (exact) mass is 123 g/mol. The van der Waals surface area contributed by atoms with Gasteiger partial charge in [0.25, 0.3) is 0 Å². The lowest BCUT2D eigenvalue weighted by atomic mass is 10.0. The fraction of sp³-hybridized carbons (Fsp3) is 0.833. The lowest BCUT2D eigenvalue weighted by Crippen LogP contribution is -2.29. The second-order valence-corrected chi connectivity index (χ2v) is 2.72. The van der Waals surface area contributed by atoms with Gasteiger partial charge in [-0.3, -0.25) is 4.79 Å². The zero-order valence-electron chi connectivity index (χ0n) is 5.79. The van der Waals surface area contributed by atoms with Gasteiger partial charge in [-0.15, -0.1) is 0 Å². The molecule has 2 atom stereocenters. The number of nitrogens with zero attached hydrogens (tertiary/aromatic N) is 1. The van der Waals surface area contributed by atoms with Gasteiger partial charge in [-0.1, -0.05) is 6.92 Å². The second-order valence-electron chi connectivity index (χ2n) is 2.72. The van der Waals surface area contributed by atoms with Crippen LogP contribution in [0.15, 0.2) is 0 Å². The number of carbonyl (C=O) groups is 1. The summed E-state index contributed by atoms with van der Waals surface area (Å²) in [6, 6.07) is 0.220. The number of rotatable bonds is 0. The Balaban J connectivity index is 2.65. The molecule has 1 amide bonds. The molecule has 0 aromatic carbocycles. The first kappa shape index (κ1) is 6.65. The standard InChI is InChI=1S/C6H10BNO/c1-4-3-6(9)8(7)5(4)2/h4-5H,3H2,1-2H3. The van der Waals surface area contributed by atoms with Crippen LogP contribution in [0, 0.1) is 5.92 Å². The quantitative estimate of drug-likeness (QED) is 0.425. The summed E-state index contributed by atoms with van der Waals surface area (Å²) in [5.74, 6) is 0.484. The summed E-state index contributed by atoms with van der Waals surface area (Å²) in [5.41, 5.74) is 0. The maximum atomic E-state index is 10.8. The van der Waals surface area contributed by atoms with Crippen molar-refractivity contribution in [2.75, 3.05) is 0 Å². The van der Waals surface area contributed by atoms with Gasteiger partial charge in [-0.25, -0.2) is 0 Å². The van der Waals surface area contributed by atoms with Crippen LogP contribution in [0.3, 0.4) is 0 Å². The van der Waals surface area contributed by atoms with Crippen molar-refractivity contribution in [1.82, 2.24) is 4.81 Å². The summed E-state index contributed by atoms with van der Waals surface area (Å²) in [4.78, 5) is 12.1. The van der Waals surface area contributed by atoms with E-state index in [1.165, 1.54) is 4.81 Å². The molecule has 9 heavy (non-hydrogen) atoms. The van der Waals surface area contributed by atoms with E-state index < -0.39 is 0 Å². The van der Waals surface area contributed by atoms with E-state index in [9.17, 15) is 4.79 Å². The van der Waals surface area contributed by atoms with Crippen molar-refractivity contribution >= 4 is 13.9 Å². The molecule has 48 valence electrons. The van der Waals surface area contributed by atoms with Crippen LogP contribution in [-0.2, 0) is 4.79 Å². The third-order valence-corrected chi connectivity index (χ3v) is 2.05. The van der Waals surface area contributed by atoms with E-state index in [-0.39, 0.29) is 11.9 Å². The maximum absolute atomic E-state index is 10.8. The second kappa shape index (κ2) is 2.05. The van der Waals surface area contributed by atoms with Crippen molar-refractivity contribution in [3.05, 3.63) is 0 Å². The lowest BCUT2D eigenvalue weighted by Gasteiger charge is -2.17. The molecule has 2 radical (unpaired) electrons. The van der Waals surface area contributed by atoms with Crippen molar-refractivity contribution < 1.29 is 4.79 Å². The first-order chi connectivity index (χ1) is 4.13. The lowest BCUT2D eigenvalue weighted by molar-refractivity contribution is -0.124. The van der Waals surface area contributed by atoms with Gasteiger partial charge in [0.1, 0.15) is 0 Å². The van der Waals surface area contributed by atoms with Crippen LogP contribution in [0.1, 0.15) is 20.3 Å². The summed E-state index contributed by atoms with van der Waals surface area (Å²) < 4.78 is 0. The Morgan fingerprint density at radius 2 is 2.22 bits per heavy atom. The molecule has 1 heterocycles. The average molecular weight is 123 g/mol. The fourth-order valence-corrected chi connectivity index (χ4v) is 1.05. The van der Waals surface area contributed by atoms with Crippen molar-refractivity contribution in [1.29, 1.82) is 0 Å². The Kier molecular flexibility index (Phi) is 1.51. The summed E-state index contributed by atoms with van der Waals surface area (Å²) in [7, 11) is 5.40. The van der Waals surface area contributed by atoms with Crippen molar-refractivity contribution in [3.8, 4) is 0 Å². The molecule has 2 unspecified atom stereocenters. The fourth-order valence-electron chi connectivity index (χ4n) is 1.05. The largest absolute Gasteiger partial charge is 0.394 e. The summed E-state index contributed by atoms with van der Waals surface area (Å²) in [6.07, 6.45) is 0.609. The molecule has 0 aliphatic carbocycles. The molecule has 2 nitrogen and oxygen atoms in total. The maximum Gasteiger partial charge on any atom is 0.230 e. The Bertz CT molecular complexity index is 137. The molecule has 0 aromatic rings. The van der Waals surface area contributed by atoms with Crippen LogP contribution in [0.2, 0.25) is 0 Å². The van der Waals surface area contributed by atoms with E-state index in [1.54, 1.807) is 0 Å². The molecule has 0 bridgehead atoms. The van der Waals surface area contributed by atoms with Crippen molar-refractivity contribution in [2.45, 2.75) is 26.3 Å². The highest BCUT2D eigenvalue weighted by Gasteiger charge is 2.29. The number of hydrogen-bond donors (Lipinski definition) is 0. The SMILES string of the molecule is [B]N1C(=O)CC(C)C1C. The molecule has 1 fully saturated rings. The number of amides is 1. The molecular formula is C6H10BNO. The molecule has 0 N–H and O–H groups in total. The Morgan fingerprint density at radius 3 is 2.33 bits per heavy atom. The van der Waals surface area contributed by atoms with Gasteiger partial charge in [0.05, 0.1) is 0 Å². The number of hydrogen-bond acceptors (Lipinski definition) is 1. The van der Waals surface area contributed by atoms with Gasteiger partial charge in [-0.05, 0) is 12.8 Å². The first-order valence-corrected chi connectivity index (χ1v) is 3.19. The predicted octanol–water partition coefficient (Wildman–Crippen LogP) is 0.327. The molecule has 0 saturated carbocycles. The summed E-state index contributed by atoms with van der Waals surface area (Å²) in [5, 5.41) is 0. The van der Waals surface area contributed by atoms with Crippen LogP contribution < -0.4 is 0 Å². The minimum absolute atomic E-state index is 0.0648. The van der Waals surface area contributed by atoms with Gasteiger partial charge in [-0.2, -0.15) is 0 Å². The highest BCUT2D eigenvalue weighted by Crippen LogP contribution is 2.21. The molecule has 1 saturated heterocycles. The third-order valence-electron chi connectivity index (χ3n) is 2.05. The highest BCUT2D eigenvalue weighted by molar-refractivity contribution is 6.15. The predicted molar refractivity (Wildman–Crippen MR) is 35.8 cm³/mol. The minimum Gasteiger partial charge on any atom is -0.394 e. The minimum atomic E-state index is 0.0648. The topological polar surface area (TPSA) is 20.3 Å². The molecular weight excluding hydrogens is 113 g/mol. The van der Waals surface area contributed by atoms with Gasteiger partial charge in [0, 0.05) is 12.5 Å². The van der Waals surface area contributed by atoms with Gasteiger partial charge in [0.2, 0.25) is 13.9 Å².